The molecule has 1 atom stereocenters. The van der Waals surface area contributed by atoms with Crippen molar-refractivity contribution >= 4 is 17.2 Å². The summed E-state index contributed by atoms with van der Waals surface area (Å²) in [5, 5.41) is 2.11. The highest BCUT2D eigenvalue weighted by atomic mass is 32.1. The number of ether oxygens (including phenoxy) is 2. The Hall–Kier alpha value is -2.79. The third-order valence-corrected chi connectivity index (χ3v) is 5.82. The SMILES string of the molecule is COc1ccc([C@H]2c3ccsc3CCN2C(=O)COc2ccccc2)cc1. The summed E-state index contributed by atoms with van der Waals surface area (Å²) in [7, 11) is 1.66. The van der Waals surface area contributed by atoms with Crippen LogP contribution in [0.5, 0.6) is 11.5 Å². The van der Waals surface area contributed by atoms with Crippen LogP contribution < -0.4 is 9.47 Å². The molecule has 2 heterocycles. The molecule has 1 aliphatic heterocycles. The lowest BCUT2D eigenvalue weighted by atomic mass is 9.93. The van der Waals surface area contributed by atoms with E-state index in [1.165, 1.54) is 10.4 Å². The number of methoxy groups -OCH3 is 1. The van der Waals surface area contributed by atoms with Crippen molar-refractivity contribution in [2.45, 2.75) is 12.5 Å². The number of fused-ring (bicyclic) bond motifs is 1. The summed E-state index contributed by atoms with van der Waals surface area (Å²) in [6, 6.07) is 19.5. The minimum atomic E-state index is -0.0854. The number of carbonyl (C=O) groups is 1. The van der Waals surface area contributed by atoms with E-state index in [1.54, 1.807) is 18.4 Å². The van der Waals surface area contributed by atoms with Crippen LogP contribution in [0.4, 0.5) is 0 Å². The van der Waals surface area contributed by atoms with Gasteiger partial charge in [-0.2, -0.15) is 0 Å². The minimum Gasteiger partial charge on any atom is -0.497 e. The maximum Gasteiger partial charge on any atom is 0.261 e. The molecule has 2 aromatic carbocycles. The Balaban J connectivity index is 1.59. The van der Waals surface area contributed by atoms with E-state index in [-0.39, 0.29) is 18.6 Å². The molecule has 4 rings (SSSR count). The van der Waals surface area contributed by atoms with Gasteiger partial charge in [-0.3, -0.25) is 4.79 Å². The molecule has 0 radical (unpaired) electrons. The third-order valence-electron chi connectivity index (χ3n) is 4.82. The first-order chi connectivity index (χ1) is 13.3. The van der Waals surface area contributed by atoms with Gasteiger partial charge >= 0.3 is 0 Å². The van der Waals surface area contributed by atoms with Gasteiger partial charge in [0.15, 0.2) is 6.61 Å². The summed E-state index contributed by atoms with van der Waals surface area (Å²) in [6.07, 6.45) is 0.886. The standard InChI is InChI=1S/C22H21NO3S/c1-25-17-9-7-16(8-10-17)22-19-12-14-27-20(19)11-13-23(22)21(24)15-26-18-5-3-2-4-6-18/h2-10,12,14,22H,11,13,15H2,1H3/t22-/m0/s1. The molecule has 0 saturated carbocycles. The molecule has 1 amide bonds. The Labute approximate surface area is 163 Å². The normalized spacial score (nSPS) is 15.9. The molecular weight excluding hydrogens is 358 g/mol. The van der Waals surface area contributed by atoms with Crippen LogP contribution in [0.2, 0.25) is 0 Å². The fraction of sp³-hybridized carbons (Fsp3) is 0.227. The highest BCUT2D eigenvalue weighted by Gasteiger charge is 2.32. The Morgan fingerprint density at radius 2 is 1.85 bits per heavy atom. The molecule has 0 aliphatic carbocycles. The van der Waals surface area contributed by atoms with Crippen LogP contribution in [0.25, 0.3) is 0 Å². The maximum atomic E-state index is 13.0. The lowest BCUT2D eigenvalue weighted by Gasteiger charge is -2.36. The van der Waals surface area contributed by atoms with Crippen LogP contribution in [0, 0.1) is 0 Å². The number of nitrogens with zero attached hydrogens (tertiary/aromatic N) is 1. The van der Waals surface area contributed by atoms with Gasteiger partial charge in [0, 0.05) is 11.4 Å². The highest BCUT2D eigenvalue weighted by Crippen LogP contribution is 2.38. The monoisotopic (exact) mass is 379 g/mol. The topological polar surface area (TPSA) is 38.8 Å². The maximum absolute atomic E-state index is 13.0. The van der Waals surface area contributed by atoms with Gasteiger partial charge in [0.1, 0.15) is 11.5 Å². The van der Waals surface area contributed by atoms with Crippen LogP contribution in [-0.4, -0.2) is 31.1 Å². The molecule has 4 nitrogen and oxygen atoms in total. The lowest BCUT2D eigenvalue weighted by molar-refractivity contribution is -0.135. The Bertz CT molecular complexity index is 905. The quantitative estimate of drug-likeness (QED) is 0.663. The second kappa shape index (κ2) is 7.84. The largest absolute Gasteiger partial charge is 0.497 e. The molecule has 138 valence electrons. The van der Waals surface area contributed by atoms with Gasteiger partial charge in [0.2, 0.25) is 0 Å². The smallest absolute Gasteiger partial charge is 0.261 e. The average molecular weight is 379 g/mol. The van der Waals surface area contributed by atoms with Gasteiger partial charge in [-0.15, -0.1) is 11.3 Å². The first-order valence-electron chi connectivity index (χ1n) is 8.94. The Morgan fingerprint density at radius 1 is 1.07 bits per heavy atom. The summed E-state index contributed by atoms with van der Waals surface area (Å²) in [5.41, 5.74) is 2.30. The second-order valence-corrected chi connectivity index (χ2v) is 7.41. The van der Waals surface area contributed by atoms with E-state index < -0.39 is 0 Å². The molecule has 0 bridgehead atoms. The van der Waals surface area contributed by atoms with Gasteiger partial charge in [0.25, 0.3) is 5.91 Å². The van der Waals surface area contributed by atoms with E-state index >= 15 is 0 Å². The molecule has 27 heavy (non-hydrogen) atoms. The fourth-order valence-electron chi connectivity index (χ4n) is 3.48. The van der Waals surface area contributed by atoms with Crippen molar-refractivity contribution in [3.05, 3.63) is 82.0 Å². The van der Waals surface area contributed by atoms with E-state index in [2.05, 4.69) is 11.4 Å². The van der Waals surface area contributed by atoms with Crippen LogP contribution in [-0.2, 0) is 11.2 Å². The molecule has 0 unspecified atom stereocenters. The summed E-state index contributed by atoms with van der Waals surface area (Å²) in [6.45, 7) is 0.733. The summed E-state index contributed by atoms with van der Waals surface area (Å²) < 4.78 is 11.0. The van der Waals surface area contributed by atoms with Crippen LogP contribution in [0.3, 0.4) is 0 Å². The molecule has 1 aromatic heterocycles. The summed E-state index contributed by atoms with van der Waals surface area (Å²) in [5.74, 6) is 1.52. The number of benzene rings is 2. The zero-order valence-corrected chi connectivity index (χ0v) is 15.9. The van der Waals surface area contributed by atoms with E-state index in [4.69, 9.17) is 9.47 Å². The molecule has 0 saturated heterocycles. The number of rotatable bonds is 5. The van der Waals surface area contributed by atoms with Crippen molar-refractivity contribution in [3.63, 3.8) is 0 Å². The number of para-hydroxylation sites is 1. The van der Waals surface area contributed by atoms with Crippen LogP contribution >= 0.6 is 11.3 Å². The first kappa shape index (κ1) is 17.6. The van der Waals surface area contributed by atoms with Crippen molar-refractivity contribution in [1.82, 2.24) is 4.90 Å². The molecule has 0 spiro atoms. The lowest BCUT2D eigenvalue weighted by Crippen LogP contribution is -2.42. The number of amides is 1. The van der Waals surface area contributed by atoms with Crippen molar-refractivity contribution < 1.29 is 14.3 Å². The van der Waals surface area contributed by atoms with Crippen molar-refractivity contribution in [2.24, 2.45) is 0 Å². The third kappa shape index (κ3) is 3.69. The van der Waals surface area contributed by atoms with Gasteiger partial charge in [-0.05, 0) is 53.3 Å². The highest BCUT2D eigenvalue weighted by molar-refractivity contribution is 7.10. The number of thiophene rings is 1. The molecule has 0 N–H and O–H groups in total. The first-order valence-corrected chi connectivity index (χ1v) is 9.82. The van der Waals surface area contributed by atoms with Crippen LogP contribution in [0.15, 0.2) is 66.0 Å². The predicted octanol–water partition coefficient (Wildman–Crippen LogP) is 4.31. The predicted molar refractivity (Wildman–Crippen MR) is 107 cm³/mol. The van der Waals surface area contributed by atoms with Crippen LogP contribution in [0.1, 0.15) is 22.0 Å². The van der Waals surface area contributed by atoms with Gasteiger partial charge in [0.05, 0.1) is 13.2 Å². The Morgan fingerprint density at radius 3 is 2.59 bits per heavy atom. The average Bonchev–Trinajstić information content (AvgIpc) is 3.21. The van der Waals surface area contributed by atoms with Crippen molar-refractivity contribution in [2.75, 3.05) is 20.3 Å². The zero-order chi connectivity index (χ0) is 18.6. The number of hydrogen-bond acceptors (Lipinski definition) is 4. The summed E-state index contributed by atoms with van der Waals surface area (Å²) >= 11 is 1.76. The summed E-state index contributed by atoms with van der Waals surface area (Å²) in [4.78, 5) is 16.3. The molecule has 1 aliphatic rings. The van der Waals surface area contributed by atoms with Gasteiger partial charge in [-0.25, -0.2) is 0 Å². The Kier molecular flexibility index (Phi) is 5.12. The van der Waals surface area contributed by atoms with Crippen molar-refractivity contribution in [1.29, 1.82) is 0 Å². The number of carbonyl (C=O) groups excluding carboxylic acids is 1. The van der Waals surface area contributed by atoms with E-state index in [0.717, 1.165) is 17.7 Å². The van der Waals surface area contributed by atoms with Gasteiger partial charge in [-0.1, -0.05) is 30.3 Å². The minimum absolute atomic E-state index is 0.00322. The van der Waals surface area contributed by atoms with Crippen molar-refractivity contribution in [3.8, 4) is 11.5 Å². The second-order valence-electron chi connectivity index (χ2n) is 6.41. The molecule has 3 aromatic rings. The van der Waals surface area contributed by atoms with E-state index in [0.29, 0.717) is 12.3 Å². The number of hydrogen-bond donors (Lipinski definition) is 0. The fourth-order valence-corrected chi connectivity index (χ4v) is 4.38. The molecular formula is C22H21NO3S. The van der Waals surface area contributed by atoms with E-state index in [1.807, 2.05) is 59.5 Å². The molecule has 0 fully saturated rings. The zero-order valence-electron chi connectivity index (χ0n) is 15.1. The molecule has 5 heteroatoms. The van der Waals surface area contributed by atoms with Gasteiger partial charge < -0.3 is 14.4 Å². The van der Waals surface area contributed by atoms with E-state index in [9.17, 15) is 4.79 Å².